The van der Waals surface area contributed by atoms with Gasteiger partial charge in [0.1, 0.15) is 5.75 Å². The second-order valence-electron chi connectivity index (χ2n) is 6.72. The number of nitrogens with two attached hydrogens (primary N) is 1. The highest BCUT2D eigenvalue weighted by molar-refractivity contribution is 5.28. The van der Waals surface area contributed by atoms with Gasteiger partial charge in [-0.25, -0.2) is 0 Å². The summed E-state index contributed by atoms with van der Waals surface area (Å²) in [4.78, 5) is 2.36. The van der Waals surface area contributed by atoms with Gasteiger partial charge in [-0.15, -0.1) is 0 Å². The van der Waals surface area contributed by atoms with Crippen molar-refractivity contribution in [3.63, 3.8) is 0 Å². The molecule has 1 fully saturated rings. The van der Waals surface area contributed by atoms with Gasteiger partial charge in [0, 0.05) is 31.7 Å². The maximum Gasteiger partial charge on any atom is 0.119 e. The highest BCUT2D eigenvalue weighted by atomic mass is 16.5. The van der Waals surface area contributed by atoms with Gasteiger partial charge >= 0.3 is 0 Å². The fraction of sp³-hybridized carbons (Fsp3) is 0.667. The lowest BCUT2D eigenvalue weighted by Gasteiger charge is -2.45. The lowest BCUT2D eigenvalue weighted by Crippen LogP contribution is -2.48. The summed E-state index contributed by atoms with van der Waals surface area (Å²) >= 11 is 0. The van der Waals surface area contributed by atoms with Gasteiger partial charge in [0.05, 0.1) is 13.2 Å². The fourth-order valence-electron chi connectivity index (χ4n) is 3.02. The van der Waals surface area contributed by atoms with E-state index >= 15 is 0 Å². The van der Waals surface area contributed by atoms with Crippen LogP contribution in [0.4, 0.5) is 0 Å². The highest BCUT2D eigenvalue weighted by Crippen LogP contribution is 2.42. The van der Waals surface area contributed by atoms with E-state index in [9.17, 15) is 0 Å². The Morgan fingerprint density at radius 2 is 2.14 bits per heavy atom. The number of likely N-dealkylation sites (N-methyl/N-ethyl adjacent to an activating group) is 1. The van der Waals surface area contributed by atoms with Crippen molar-refractivity contribution in [3.05, 3.63) is 29.8 Å². The summed E-state index contributed by atoms with van der Waals surface area (Å²) in [6.07, 6.45) is 3.79. The first kappa shape index (κ1) is 17.3. The van der Waals surface area contributed by atoms with Gasteiger partial charge < -0.3 is 20.1 Å². The SMILES string of the molecule is COCc1cccc(OCC2(CN(C)C(C)CN)CCC2)c1. The van der Waals surface area contributed by atoms with Gasteiger partial charge in [-0.2, -0.15) is 0 Å². The predicted molar refractivity (Wildman–Crippen MR) is 90.1 cm³/mol. The van der Waals surface area contributed by atoms with Gasteiger partial charge in [-0.3, -0.25) is 0 Å². The lowest BCUT2D eigenvalue weighted by molar-refractivity contribution is 0.0162. The Hall–Kier alpha value is -1.10. The van der Waals surface area contributed by atoms with Gasteiger partial charge in [-0.1, -0.05) is 18.6 Å². The molecule has 22 heavy (non-hydrogen) atoms. The highest BCUT2D eigenvalue weighted by Gasteiger charge is 2.39. The Labute approximate surface area is 134 Å². The van der Waals surface area contributed by atoms with Crippen LogP contribution in [-0.4, -0.2) is 44.8 Å². The third kappa shape index (κ3) is 4.45. The zero-order valence-electron chi connectivity index (χ0n) is 14.2. The van der Waals surface area contributed by atoms with Crippen LogP contribution in [0.25, 0.3) is 0 Å². The van der Waals surface area contributed by atoms with E-state index in [1.54, 1.807) is 7.11 Å². The van der Waals surface area contributed by atoms with Crippen LogP contribution in [0.2, 0.25) is 0 Å². The minimum atomic E-state index is 0.287. The molecule has 4 heteroatoms. The van der Waals surface area contributed by atoms with Crippen molar-refractivity contribution in [1.29, 1.82) is 0 Å². The summed E-state index contributed by atoms with van der Waals surface area (Å²) in [7, 11) is 3.88. The van der Waals surface area contributed by atoms with Gasteiger partial charge in [0.2, 0.25) is 0 Å². The molecule has 0 saturated heterocycles. The van der Waals surface area contributed by atoms with Crippen LogP contribution in [0.15, 0.2) is 24.3 Å². The van der Waals surface area contributed by atoms with Gasteiger partial charge in [0.15, 0.2) is 0 Å². The monoisotopic (exact) mass is 306 g/mol. The van der Waals surface area contributed by atoms with E-state index in [2.05, 4.69) is 31.0 Å². The van der Waals surface area contributed by atoms with Crippen LogP contribution >= 0.6 is 0 Å². The number of methoxy groups -OCH3 is 1. The van der Waals surface area contributed by atoms with Crippen molar-refractivity contribution in [3.8, 4) is 5.75 Å². The molecule has 2 N–H and O–H groups in total. The molecular weight excluding hydrogens is 276 g/mol. The molecule has 0 aromatic heterocycles. The summed E-state index contributed by atoms with van der Waals surface area (Å²) in [5, 5.41) is 0. The number of hydrogen-bond acceptors (Lipinski definition) is 4. The van der Waals surface area contributed by atoms with Crippen LogP contribution in [0.5, 0.6) is 5.75 Å². The van der Waals surface area contributed by atoms with E-state index in [0.29, 0.717) is 19.2 Å². The second kappa shape index (κ2) is 7.95. The van der Waals surface area contributed by atoms with Crippen LogP contribution < -0.4 is 10.5 Å². The standard InChI is InChI=1S/C18H30N2O2/c1-15(11-19)20(2)13-18(8-5-9-18)14-22-17-7-4-6-16(10-17)12-21-3/h4,6-7,10,15H,5,8-9,11-14,19H2,1-3H3. The number of ether oxygens (including phenoxy) is 2. The predicted octanol–water partition coefficient (Wildman–Crippen LogP) is 2.66. The van der Waals surface area contributed by atoms with Crippen LogP contribution in [0, 0.1) is 5.41 Å². The van der Waals surface area contributed by atoms with Crippen LogP contribution in [0.3, 0.4) is 0 Å². The molecule has 0 amide bonds. The second-order valence-corrected chi connectivity index (χ2v) is 6.72. The third-order valence-corrected chi connectivity index (χ3v) is 4.85. The summed E-state index contributed by atoms with van der Waals surface area (Å²) in [5.41, 5.74) is 7.21. The Balaban J connectivity index is 1.91. The fourth-order valence-corrected chi connectivity index (χ4v) is 3.02. The van der Waals surface area contributed by atoms with E-state index in [1.165, 1.54) is 19.3 Å². The van der Waals surface area contributed by atoms with Crippen LogP contribution in [-0.2, 0) is 11.3 Å². The topological polar surface area (TPSA) is 47.7 Å². The Kier molecular flexibility index (Phi) is 6.24. The van der Waals surface area contributed by atoms with Crippen molar-refractivity contribution < 1.29 is 9.47 Å². The Morgan fingerprint density at radius 3 is 2.73 bits per heavy atom. The average Bonchev–Trinajstić information content (AvgIpc) is 2.49. The zero-order chi connectivity index (χ0) is 16.0. The molecule has 124 valence electrons. The molecule has 1 aromatic rings. The molecule has 0 aliphatic heterocycles. The smallest absolute Gasteiger partial charge is 0.119 e. The molecule has 1 aliphatic rings. The van der Waals surface area contributed by atoms with Gasteiger partial charge in [0.25, 0.3) is 0 Å². The Morgan fingerprint density at radius 1 is 1.36 bits per heavy atom. The summed E-state index contributed by atoms with van der Waals surface area (Å²) in [6, 6.07) is 8.61. The molecule has 4 nitrogen and oxygen atoms in total. The first-order valence-electron chi connectivity index (χ1n) is 8.19. The van der Waals surface area contributed by atoms with E-state index < -0.39 is 0 Å². The minimum absolute atomic E-state index is 0.287. The maximum atomic E-state index is 6.10. The van der Waals surface area contributed by atoms with Crippen molar-refractivity contribution in [2.75, 3.05) is 33.9 Å². The first-order valence-corrected chi connectivity index (χ1v) is 8.19. The third-order valence-electron chi connectivity index (χ3n) is 4.85. The molecule has 1 aromatic carbocycles. The quantitative estimate of drug-likeness (QED) is 0.762. The summed E-state index contributed by atoms with van der Waals surface area (Å²) < 4.78 is 11.3. The van der Waals surface area contributed by atoms with E-state index in [1.807, 2.05) is 12.1 Å². The average molecular weight is 306 g/mol. The normalized spacial score (nSPS) is 18.0. The van der Waals surface area contributed by atoms with Crippen molar-refractivity contribution in [1.82, 2.24) is 4.90 Å². The molecule has 1 unspecified atom stereocenters. The Bertz CT molecular complexity index is 460. The molecule has 0 bridgehead atoms. The van der Waals surface area contributed by atoms with E-state index in [-0.39, 0.29) is 5.41 Å². The number of benzene rings is 1. The lowest BCUT2D eigenvalue weighted by atomic mass is 9.69. The zero-order valence-corrected chi connectivity index (χ0v) is 14.2. The minimum Gasteiger partial charge on any atom is -0.493 e. The van der Waals surface area contributed by atoms with Gasteiger partial charge in [-0.05, 0) is 44.5 Å². The maximum absolute atomic E-state index is 6.10. The van der Waals surface area contributed by atoms with Crippen LogP contribution in [0.1, 0.15) is 31.7 Å². The van der Waals surface area contributed by atoms with E-state index in [4.69, 9.17) is 15.2 Å². The molecule has 1 aliphatic carbocycles. The first-order chi connectivity index (χ1) is 10.6. The van der Waals surface area contributed by atoms with E-state index in [0.717, 1.165) is 24.5 Å². The van der Waals surface area contributed by atoms with Crippen molar-refractivity contribution >= 4 is 0 Å². The molecule has 1 atom stereocenters. The van der Waals surface area contributed by atoms with Crippen molar-refractivity contribution in [2.45, 2.75) is 38.8 Å². The number of rotatable bonds is 9. The molecule has 0 heterocycles. The summed E-state index contributed by atoms with van der Waals surface area (Å²) in [5.74, 6) is 0.940. The largest absolute Gasteiger partial charge is 0.493 e. The number of hydrogen-bond donors (Lipinski definition) is 1. The molecule has 1 saturated carbocycles. The van der Waals surface area contributed by atoms with Crippen molar-refractivity contribution in [2.24, 2.45) is 11.1 Å². The number of nitrogens with zero attached hydrogens (tertiary/aromatic N) is 1. The summed E-state index contributed by atoms with van der Waals surface area (Å²) in [6.45, 7) is 5.35. The molecule has 0 radical (unpaired) electrons. The molecule has 0 spiro atoms. The molecule has 2 rings (SSSR count). The molecular formula is C18H30N2O2.